The van der Waals surface area contributed by atoms with E-state index in [1.165, 1.54) is 0 Å². The highest BCUT2D eigenvalue weighted by molar-refractivity contribution is 5.85. The SMILES string of the molecule is CC(C)(C)OC(=O)C1CC12CCNCC2.Cl. The lowest BCUT2D eigenvalue weighted by Crippen LogP contribution is -2.32. The predicted molar refractivity (Wildman–Crippen MR) is 65.7 cm³/mol. The van der Waals surface area contributed by atoms with Gasteiger partial charge in [0, 0.05) is 0 Å². The molecule has 1 spiro atoms. The molecule has 1 heterocycles. The fraction of sp³-hybridized carbons (Fsp3) is 0.917. The van der Waals surface area contributed by atoms with Crippen LogP contribution in [0.25, 0.3) is 0 Å². The van der Waals surface area contributed by atoms with E-state index in [9.17, 15) is 4.79 Å². The van der Waals surface area contributed by atoms with E-state index < -0.39 is 0 Å². The number of carbonyl (C=O) groups excluding carboxylic acids is 1. The molecule has 1 atom stereocenters. The van der Waals surface area contributed by atoms with Gasteiger partial charge in [0.1, 0.15) is 5.60 Å². The topological polar surface area (TPSA) is 38.3 Å². The molecule has 2 fully saturated rings. The lowest BCUT2D eigenvalue weighted by Gasteiger charge is -2.25. The molecule has 1 aliphatic carbocycles. The Kier molecular flexibility index (Phi) is 3.91. The van der Waals surface area contributed by atoms with Gasteiger partial charge in [-0.3, -0.25) is 4.79 Å². The van der Waals surface area contributed by atoms with Crippen molar-refractivity contribution in [2.75, 3.05) is 13.1 Å². The zero-order valence-electron chi connectivity index (χ0n) is 10.3. The predicted octanol–water partition coefficient (Wildman–Crippen LogP) is 2.14. The first-order valence-electron chi connectivity index (χ1n) is 5.87. The van der Waals surface area contributed by atoms with Gasteiger partial charge < -0.3 is 10.1 Å². The number of piperidine rings is 1. The van der Waals surface area contributed by atoms with E-state index in [1.54, 1.807) is 0 Å². The molecule has 0 aromatic heterocycles. The fourth-order valence-corrected chi connectivity index (χ4v) is 2.53. The average Bonchev–Trinajstić information content (AvgIpc) is 2.78. The molecule has 1 aliphatic heterocycles. The van der Waals surface area contributed by atoms with Crippen molar-refractivity contribution in [1.82, 2.24) is 5.32 Å². The van der Waals surface area contributed by atoms with E-state index in [2.05, 4.69) is 5.32 Å². The Balaban J connectivity index is 0.00000128. The molecule has 94 valence electrons. The average molecular weight is 248 g/mol. The molecule has 0 radical (unpaired) electrons. The molecule has 16 heavy (non-hydrogen) atoms. The summed E-state index contributed by atoms with van der Waals surface area (Å²) in [5.41, 5.74) is -0.0403. The summed E-state index contributed by atoms with van der Waals surface area (Å²) in [5.74, 6) is 0.197. The molecule has 0 aromatic rings. The molecule has 1 saturated carbocycles. The van der Waals surface area contributed by atoms with Crippen molar-refractivity contribution in [1.29, 1.82) is 0 Å². The number of carbonyl (C=O) groups is 1. The lowest BCUT2D eigenvalue weighted by atomic mass is 9.92. The summed E-state index contributed by atoms with van der Waals surface area (Å²) < 4.78 is 5.43. The van der Waals surface area contributed by atoms with Gasteiger partial charge >= 0.3 is 5.97 Å². The lowest BCUT2D eigenvalue weighted by molar-refractivity contribution is -0.157. The Morgan fingerprint density at radius 3 is 2.38 bits per heavy atom. The molecule has 4 heteroatoms. The van der Waals surface area contributed by atoms with Crippen LogP contribution in [0, 0.1) is 11.3 Å². The van der Waals surface area contributed by atoms with Crippen LogP contribution in [0.15, 0.2) is 0 Å². The smallest absolute Gasteiger partial charge is 0.310 e. The molecule has 1 unspecified atom stereocenters. The normalized spacial score (nSPS) is 27.1. The molecular formula is C12H22ClNO2. The number of hydrogen-bond acceptors (Lipinski definition) is 3. The maximum Gasteiger partial charge on any atom is 0.310 e. The van der Waals surface area contributed by atoms with Crippen LogP contribution < -0.4 is 5.32 Å². The minimum Gasteiger partial charge on any atom is -0.460 e. The second-order valence-electron chi connectivity index (χ2n) is 5.90. The number of ether oxygens (including phenoxy) is 1. The molecule has 1 N–H and O–H groups in total. The van der Waals surface area contributed by atoms with Crippen LogP contribution in [0.2, 0.25) is 0 Å². The molecule has 0 bridgehead atoms. The van der Waals surface area contributed by atoms with E-state index in [1.807, 2.05) is 20.8 Å². The number of rotatable bonds is 1. The van der Waals surface area contributed by atoms with E-state index >= 15 is 0 Å². The number of halogens is 1. The van der Waals surface area contributed by atoms with Gasteiger partial charge in [0.05, 0.1) is 5.92 Å². The molecule has 3 nitrogen and oxygen atoms in total. The number of nitrogens with one attached hydrogen (secondary N) is 1. The van der Waals surface area contributed by atoms with Gasteiger partial charge in [-0.15, -0.1) is 12.4 Å². The van der Waals surface area contributed by atoms with Crippen molar-refractivity contribution >= 4 is 18.4 Å². The van der Waals surface area contributed by atoms with E-state index in [0.29, 0.717) is 5.41 Å². The van der Waals surface area contributed by atoms with E-state index in [0.717, 1.165) is 32.4 Å². The van der Waals surface area contributed by atoms with Gasteiger partial charge in [-0.05, 0) is 58.5 Å². The third-order valence-electron chi connectivity index (χ3n) is 3.48. The number of hydrogen-bond donors (Lipinski definition) is 1. The standard InChI is InChI=1S/C12H21NO2.ClH/c1-11(2,3)15-10(14)9-8-12(9)4-6-13-7-5-12;/h9,13H,4-8H2,1-3H3;1H. The molecule has 1 saturated heterocycles. The minimum absolute atomic E-state index is 0. The highest BCUT2D eigenvalue weighted by atomic mass is 35.5. The third kappa shape index (κ3) is 2.89. The Hall–Kier alpha value is -0.280. The Morgan fingerprint density at radius 1 is 1.31 bits per heavy atom. The third-order valence-corrected chi connectivity index (χ3v) is 3.48. The van der Waals surface area contributed by atoms with Crippen LogP contribution >= 0.6 is 12.4 Å². The number of esters is 1. The summed E-state index contributed by atoms with van der Waals surface area (Å²) in [5, 5.41) is 3.34. The van der Waals surface area contributed by atoms with Crippen molar-refractivity contribution in [3.8, 4) is 0 Å². The summed E-state index contributed by atoms with van der Waals surface area (Å²) in [4.78, 5) is 11.9. The van der Waals surface area contributed by atoms with Crippen LogP contribution in [0.4, 0.5) is 0 Å². The van der Waals surface area contributed by atoms with Crippen molar-refractivity contribution in [3.63, 3.8) is 0 Å². The quantitative estimate of drug-likeness (QED) is 0.722. The van der Waals surface area contributed by atoms with Crippen molar-refractivity contribution in [3.05, 3.63) is 0 Å². The second kappa shape index (κ2) is 4.53. The van der Waals surface area contributed by atoms with Crippen LogP contribution in [0.3, 0.4) is 0 Å². The zero-order valence-corrected chi connectivity index (χ0v) is 11.2. The molecule has 2 aliphatic rings. The largest absolute Gasteiger partial charge is 0.460 e. The maximum absolute atomic E-state index is 11.9. The van der Waals surface area contributed by atoms with Crippen LogP contribution in [0.5, 0.6) is 0 Å². The van der Waals surface area contributed by atoms with E-state index in [4.69, 9.17) is 4.74 Å². The van der Waals surface area contributed by atoms with Gasteiger partial charge in [0.15, 0.2) is 0 Å². The summed E-state index contributed by atoms with van der Waals surface area (Å²) in [6, 6.07) is 0. The van der Waals surface area contributed by atoms with Crippen LogP contribution in [0.1, 0.15) is 40.0 Å². The minimum atomic E-state index is -0.340. The first-order chi connectivity index (χ1) is 6.93. The molecule has 0 amide bonds. The Bertz CT molecular complexity index is 267. The summed E-state index contributed by atoms with van der Waals surface area (Å²) in [6.45, 7) is 7.91. The van der Waals surface area contributed by atoms with Gasteiger partial charge in [-0.2, -0.15) is 0 Å². The highest BCUT2D eigenvalue weighted by Crippen LogP contribution is 2.59. The highest BCUT2D eigenvalue weighted by Gasteiger charge is 2.59. The van der Waals surface area contributed by atoms with Gasteiger partial charge in [0.2, 0.25) is 0 Å². The van der Waals surface area contributed by atoms with Gasteiger partial charge in [0.25, 0.3) is 0 Å². The summed E-state index contributed by atoms with van der Waals surface area (Å²) in [7, 11) is 0. The molecular weight excluding hydrogens is 226 g/mol. The molecule has 2 rings (SSSR count). The fourth-order valence-electron chi connectivity index (χ4n) is 2.53. The van der Waals surface area contributed by atoms with Crippen LogP contribution in [-0.4, -0.2) is 24.7 Å². The van der Waals surface area contributed by atoms with Crippen molar-refractivity contribution in [2.24, 2.45) is 11.3 Å². The first kappa shape index (κ1) is 13.8. The Labute approximate surface area is 104 Å². The van der Waals surface area contributed by atoms with Crippen molar-refractivity contribution < 1.29 is 9.53 Å². The van der Waals surface area contributed by atoms with Crippen molar-refractivity contribution in [2.45, 2.75) is 45.6 Å². The summed E-state index contributed by atoms with van der Waals surface area (Å²) >= 11 is 0. The second-order valence-corrected chi connectivity index (χ2v) is 5.90. The maximum atomic E-state index is 11.9. The van der Waals surface area contributed by atoms with Gasteiger partial charge in [-0.1, -0.05) is 0 Å². The zero-order chi connectivity index (χ0) is 11.1. The Morgan fingerprint density at radius 2 is 1.88 bits per heavy atom. The monoisotopic (exact) mass is 247 g/mol. The summed E-state index contributed by atoms with van der Waals surface area (Å²) in [6.07, 6.45) is 3.32. The van der Waals surface area contributed by atoms with E-state index in [-0.39, 0.29) is 29.9 Å². The molecule has 0 aromatic carbocycles. The van der Waals surface area contributed by atoms with Gasteiger partial charge in [-0.25, -0.2) is 0 Å². The van der Waals surface area contributed by atoms with Crippen LogP contribution in [-0.2, 0) is 9.53 Å². The first-order valence-corrected chi connectivity index (χ1v) is 5.87.